The van der Waals surface area contributed by atoms with E-state index in [0.717, 1.165) is 0 Å². The average molecular weight is 156 g/mol. The molecule has 3 heteroatoms. The first kappa shape index (κ1) is 9.12. The maximum absolute atomic E-state index is 10.6. The largest absolute Gasteiger partial charge is 0.449 e. The highest BCUT2D eigenvalue weighted by molar-refractivity contribution is 7.85. The van der Waals surface area contributed by atoms with Gasteiger partial charge in [-0.25, -0.2) is 4.79 Å². The van der Waals surface area contributed by atoms with Crippen LogP contribution in [0.4, 0.5) is 0 Å². The normalized spacial score (nSPS) is 7.40. The summed E-state index contributed by atoms with van der Waals surface area (Å²) in [5.41, 5.74) is 0.376. The van der Waals surface area contributed by atoms with Crippen LogP contribution in [0.1, 0.15) is 6.92 Å². The van der Waals surface area contributed by atoms with Crippen LogP contribution in [0.2, 0.25) is 0 Å². The predicted octanol–water partition coefficient (Wildman–Crippen LogP) is 0.996. The van der Waals surface area contributed by atoms with E-state index in [1.54, 1.807) is 6.92 Å². The molecule has 0 N–H and O–H groups in total. The molecular weight excluding hydrogens is 148 g/mol. The summed E-state index contributed by atoms with van der Waals surface area (Å²) in [6, 6.07) is 0. The minimum Gasteiger partial charge on any atom is -0.449 e. The van der Waals surface area contributed by atoms with Gasteiger partial charge in [-0.1, -0.05) is 25.1 Å². The lowest BCUT2D eigenvalue weighted by Gasteiger charge is -1.96. The zero-order valence-electron chi connectivity index (χ0n) is 5.68. The molecule has 0 amide bonds. The lowest BCUT2D eigenvalue weighted by Crippen LogP contribution is -2.04. The van der Waals surface area contributed by atoms with Crippen LogP contribution in [-0.4, -0.2) is 12.6 Å². The number of rotatable bonds is 2. The van der Waals surface area contributed by atoms with Gasteiger partial charge < -0.3 is 4.74 Å². The van der Waals surface area contributed by atoms with Gasteiger partial charge in [-0.3, -0.25) is 0 Å². The van der Waals surface area contributed by atoms with E-state index in [0.29, 0.717) is 5.57 Å². The molecule has 54 valence electrons. The molecule has 0 radical (unpaired) electrons. The number of ether oxygens (including phenoxy) is 1. The quantitative estimate of drug-likeness (QED) is 0.279. The van der Waals surface area contributed by atoms with Gasteiger partial charge in [0.15, 0.2) is 6.61 Å². The summed E-state index contributed by atoms with van der Waals surface area (Å²) in [5.74, 6) is 2.04. The Labute approximate surface area is 65.7 Å². The Kier molecular flexibility index (Phi) is 4.51. The molecule has 0 heterocycles. The minimum absolute atomic E-state index is 0.0786. The Hall–Kier alpha value is -0.880. The maximum Gasteiger partial charge on any atom is 0.334 e. The van der Waals surface area contributed by atoms with E-state index in [1.165, 1.54) is 0 Å². The Morgan fingerprint density at radius 1 is 1.80 bits per heavy atom. The molecular formula is C7H8O2S. The first-order valence-corrected chi connectivity index (χ1v) is 3.07. The van der Waals surface area contributed by atoms with Crippen molar-refractivity contribution < 1.29 is 9.53 Å². The van der Waals surface area contributed by atoms with E-state index in [1.807, 2.05) is 0 Å². The third kappa shape index (κ3) is 4.04. The SMILES string of the molecule is C=C(C)C(=O)OCC#CS. The van der Waals surface area contributed by atoms with Crippen LogP contribution in [0.3, 0.4) is 0 Å². The average Bonchev–Trinajstić information content (AvgIpc) is 1.88. The van der Waals surface area contributed by atoms with E-state index in [4.69, 9.17) is 0 Å². The fourth-order valence-electron chi connectivity index (χ4n) is 0.257. The fraction of sp³-hybridized carbons (Fsp3) is 0.286. The second-order valence-electron chi connectivity index (χ2n) is 1.65. The number of hydrogen-bond acceptors (Lipinski definition) is 3. The van der Waals surface area contributed by atoms with Crippen molar-refractivity contribution in [3.63, 3.8) is 0 Å². The van der Waals surface area contributed by atoms with Crippen LogP contribution in [0.25, 0.3) is 0 Å². The van der Waals surface area contributed by atoms with Crippen molar-refractivity contribution in [3.05, 3.63) is 12.2 Å². The molecule has 0 saturated carbocycles. The van der Waals surface area contributed by atoms with E-state index >= 15 is 0 Å². The lowest BCUT2D eigenvalue weighted by atomic mass is 10.4. The first-order chi connectivity index (χ1) is 4.68. The van der Waals surface area contributed by atoms with Crippen molar-refractivity contribution in [2.75, 3.05) is 6.61 Å². The van der Waals surface area contributed by atoms with Crippen molar-refractivity contribution >= 4 is 18.6 Å². The Morgan fingerprint density at radius 2 is 2.40 bits per heavy atom. The van der Waals surface area contributed by atoms with Crippen molar-refractivity contribution in [2.24, 2.45) is 0 Å². The molecule has 0 saturated heterocycles. The standard InChI is InChI=1S/C7H8O2S/c1-6(2)7(8)9-4-3-5-10/h10H,1,4H2,2H3. The molecule has 10 heavy (non-hydrogen) atoms. The lowest BCUT2D eigenvalue weighted by molar-refractivity contribution is -0.137. The van der Waals surface area contributed by atoms with Crippen LogP contribution >= 0.6 is 12.6 Å². The molecule has 0 aromatic rings. The molecule has 0 aliphatic rings. The number of carbonyl (C=O) groups excluding carboxylic acids is 1. The Morgan fingerprint density at radius 3 is 2.80 bits per heavy atom. The summed E-state index contributed by atoms with van der Waals surface area (Å²) >= 11 is 3.60. The minimum atomic E-state index is -0.420. The van der Waals surface area contributed by atoms with Gasteiger partial charge in [-0.2, -0.15) is 0 Å². The smallest absolute Gasteiger partial charge is 0.334 e. The van der Waals surface area contributed by atoms with Gasteiger partial charge in [0.05, 0.1) is 0 Å². The van der Waals surface area contributed by atoms with Crippen molar-refractivity contribution in [2.45, 2.75) is 6.92 Å². The van der Waals surface area contributed by atoms with E-state index in [9.17, 15) is 4.79 Å². The zero-order chi connectivity index (χ0) is 7.98. The van der Waals surface area contributed by atoms with Crippen LogP contribution < -0.4 is 0 Å². The van der Waals surface area contributed by atoms with Gasteiger partial charge in [-0.05, 0) is 12.2 Å². The summed E-state index contributed by atoms with van der Waals surface area (Å²) < 4.78 is 4.58. The van der Waals surface area contributed by atoms with Crippen molar-refractivity contribution in [3.8, 4) is 11.2 Å². The molecule has 0 aliphatic heterocycles. The Bertz CT molecular complexity index is 197. The summed E-state index contributed by atoms with van der Waals surface area (Å²) in [6.07, 6.45) is 0. The first-order valence-electron chi connectivity index (χ1n) is 2.63. The molecule has 0 fully saturated rings. The monoisotopic (exact) mass is 156 g/mol. The van der Waals surface area contributed by atoms with Crippen molar-refractivity contribution in [1.29, 1.82) is 0 Å². The summed E-state index contributed by atoms with van der Waals surface area (Å²) in [4.78, 5) is 10.6. The molecule has 0 unspecified atom stereocenters. The summed E-state index contributed by atoms with van der Waals surface area (Å²) in [7, 11) is 0. The van der Waals surface area contributed by atoms with Gasteiger partial charge >= 0.3 is 5.97 Å². The van der Waals surface area contributed by atoms with Gasteiger partial charge in [-0.15, -0.1) is 0 Å². The summed E-state index contributed by atoms with van der Waals surface area (Å²) in [6.45, 7) is 5.05. The molecule has 2 nitrogen and oxygen atoms in total. The molecule has 0 aliphatic carbocycles. The van der Waals surface area contributed by atoms with Crippen LogP contribution in [-0.2, 0) is 9.53 Å². The third-order valence-electron chi connectivity index (χ3n) is 0.703. The maximum atomic E-state index is 10.6. The summed E-state index contributed by atoms with van der Waals surface area (Å²) in [5, 5.41) is 2.30. The van der Waals surface area contributed by atoms with Crippen LogP contribution in [0.15, 0.2) is 12.2 Å². The topological polar surface area (TPSA) is 26.3 Å². The van der Waals surface area contributed by atoms with Gasteiger partial charge in [0.1, 0.15) is 0 Å². The van der Waals surface area contributed by atoms with Gasteiger partial charge in [0.2, 0.25) is 0 Å². The molecule has 0 atom stereocenters. The predicted molar refractivity (Wildman–Crippen MR) is 42.5 cm³/mol. The second-order valence-corrected chi connectivity index (χ2v) is 1.87. The highest BCUT2D eigenvalue weighted by Crippen LogP contribution is 1.90. The van der Waals surface area contributed by atoms with Gasteiger partial charge in [0.25, 0.3) is 0 Å². The van der Waals surface area contributed by atoms with Crippen molar-refractivity contribution in [1.82, 2.24) is 0 Å². The highest BCUT2D eigenvalue weighted by Gasteiger charge is 1.99. The number of carbonyl (C=O) groups is 1. The molecule has 0 aromatic carbocycles. The van der Waals surface area contributed by atoms with Crippen LogP contribution in [0, 0.1) is 11.2 Å². The van der Waals surface area contributed by atoms with E-state index in [-0.39, 0.29) is 6.61 Å². The molecule has 0 aromatic heterocycles. The van der Waals surface area contributed by atoms with Gasteiger partial charge in [0, 0.05) is 5.57 Å². The molecule has 0 rings (SSSR count). The third-order valence-corrected chi connectivity index (χ3v) is 0.861. The highest BCUT2D eigenvalue weighted by atomic mass is 32.1. The fourth-order valence-corrected chi connectivity index (χ4v) is 0.322. The number of hydrogen-bond donors (Lipinski definition) is 1. The van der Waals surface area contributed by atoms with E-state index < -0.39 is 5.97 Å². The zero-order valence-corrected chi connectivity index (χ0v) is 6.57. The molecule has 0 spiro atoms. The van der Waals surface area contributed by atoms with Crippen LogP contribution in [0.5, 0.6) is 0 Å². The number of esters is 1. The van der Waals surface area contributed by atoms with E-state index in [2.05, 4.69) is 35.1 Å². The second kappa shape index (κ2) is 4.95. The Balaban J connectivity index is 3.57. The number of thiol groups is 1. The molecule has 0 bridgehead atoms.